The van der Waals surface area contributed by atoms with Crippen molar-refractivity contribution in [2.75, 3.05) is 19.7 Å². The van der Waals surface area contributed by atoms with Crippen LogP contribution >= 0.6 is 0 Å². The number of hydrogen-bond donors (Lipinski definition) is 1. The Kier molecular flexibility index (Phi) is 5.51. The molecule has 0 aromatic heterocycles. The number of alkyl halides is 3. The lowest BCUT2D eigenvalue weighted by molar-refractivity contribution is -0.141. The van der Waals surface area contributed by atoms with Gasteiger partial charge in [0.05, 0.1) is 11.7 Å². The van der Waals surface area contributed by atoms with E-state index in [2.05, 4.69) is 0 Å². The van der Waals surface area contributed by atoms with Gasteiger partial charge in [0.1, 0.15) is 5.75 Å². The first-order valence-electron chi connectivity index (χ1n) is 7.54. The molecule has 1 saturated heterocycles. The van der Waals surface area contributed by atoms with E-state index in [1.165, 1.54) is 23.1 Å². The van der Waals surface area contributed by atoms with E-state index in [1.807, 2.05) is 0 Å². The van der Waals surface area contributed by atoms with Gasteiger partial charge in [-0.1, -0.05) is 12.1 Å². The highest BCUT2D eigenvalue weighted by molar-refractivity contribution is 5.78. The average Bonchev–Trinajstić information content (AvgIpc) is 2.52. The van der Waals surface area contributed by atoms with Crippen LogP contribution in [-0.4, -0.2) is 41.7 Å². The van der Waals surface area contributed by atoms with Gasteiger partial charge in [-0.3, -0.25) is 4.79 Å². The van der Waals surface area contributed by atoms with Gasteiger partial charge in [0, 0.05) is 19.0 Å². The van der Waals surface area contributed by atoms with Crippen molar-refractivity contribution in [3.05, 3.63) is 29.8 Å². The van der Waals surface area contributed by atoms with Gasteiger partial charge in [-0.05, 0) is 31.9 Å². The number of nitrogens with zero attached hydrogens (tertiary/aromatic N) is 1. The van der Waals surface area contributed by atoms with Crippen molar-refractivity contribution in [2.45, 2.75) is 32.0 Å². The van der Waals surface area contributed by atoms with Crippen LogP contribution in [-0.2, 0) is 11.0 Å². The summed E-state index contributed by atoms with van der Waals surface area (Å²) in [5.74, 6) is -0.722. The van der Waals surface area contributed by atoms with Crippen molar-refractivity contribution in [2.24, 2.45) is 5.92 Å². The maximum absolute atomic E-state index is 12.9. The SMILES string of the molecule is CC(O)C1CCCN(C(=O)COc2ccccc2C(F)(F)F)C1. The molecule has 7 heteroatoms. The molecule has 0 saturated carbocycles. The van der Waals surface area contributed by atoms with E-state index in [4.69, 9.17) is 4.74 Å². The Morgan fingerprint density at radius 3 is 2.78 bits per heavy atom. The predicted octanol–water partition coefficient (Wildman–Crippen LogP) is 2.70. The fourth-order valence-electron chi connectivity index (χ4n) is 2.69. The highest BCUT2D eigenvalue weighted by atomic mass is 19.4. The average molecular weight is 331 g/mol. The maximum Gasteiger partial charge on any atom is 0.419 e. The number of aliphatic hydroxyl groups is 1. The molecule has 1 aromatic carbocycles. The molecule has 1 aromatic rings. The molecule has 2 rings (SSSR count). The summed E-state index contributed by atoms with van der Waals surface area (Å²) in [4.78, 5) is 13.7. The lowest BCUT2D eigenvalue weighted by Crippen LogP contribution is -2.44. The third-order valence-electron chi connectivity index (χ3n) is 4.04. The van der Waals surface area contributed by atoms with Crippen LogP contribution in [0.4, 0.5) is 13.2 Å². The molecule has 128 valence electrons. The van der Waals surface area contributed by atoms with Gasteiger partial charge in [0.25, 0.3) is 5.91 Å². The normalized spacial score (nSPS) is 20.2. The number of piperidine rings is 1. The van der Waals surface area contributed by atoms with Crippen molar-refractivity contribution < 1.29 is 27.8 Å². The quantitative estimate of drug-likeness (QED) is 0.923. The van der Waals surface area contributed by atoms with Crippen LogP contribution in [0.15, 0.2) is 24.3 Å². The highest BCUT2D eigenvalue weighted by Gasteiger charge is 2.34. The van der Waals surface area contributed by atoms with E-state index in [1.54, 1.807) is 6.92 Å². The van der Waals surface area contributed by atoms with Crippen molar-refractivity contribution in [3.8, 4) is 5.75 Å². The monoisotopic (exact) mass is 331 g/mol. The minimum Gasteiger partial charge on any atom is -0.483 e. The topological polar surface area (TPSA) is 49.8 Å². The summed E-state index contributed by atoms with van der Waals surface area (Å²) in [5, 5.41) is 9.62. The van der Waals surface area contributed by atoms with Crippen molar-refractivity contribution in [1.29, 1.82) is 0 Å². The van der Waals surface area contributed by atoms with Crippen LogP contribution in [0.3, 0.4) is 0 Å². The van der Waals surface area contributed by atoms with Crippen LogP contribution in [0.1, 0.15) is 25.3 Å². The van der Waals surface area contributed by atoms with Gasteiger partial charge in [-0.25, -0.2) is 0 Å². The van der Waals surface area contributed by atoms with Gasteiger partial charge in [-0.15, -0.1) is 0 Å². The number of ether oxygens (including phenoxy) is 1. The molecule has 4 nitrogen and oxygen atoms in total. The third-order valence-corrected chi connectivity index (χ3v) is 4.04. The van der Waals surface area contributed by atoms with E-state index in [-0.39, 0.29) is 17.6 Å². The number of amides is 1. The van der Waals surface area contributed by atoms with E-state index >= 15 is 0 Å². The molecule has 0 aliphatic carbocycles. The number of benzene rings is 1. The summed E-state index contributed by atoms with van der Waals surface area (Å²) in [5.41, 5.74) is -0.895. The summed E-state index contributed by atoms with van der Waals surface area (Å²) < 4.78 is 43.7. The van der Waals surface area contributed by atoms with E-state index in [0.717, 1.165) is 18.9 Å². The Morgan fingerprint density at radius 1 is 1.43 bits per heavy atom. The fraction of sp³-hybridized carbons (Fsp3) is 0.562. The summed E-state index contributed by atoms with van der Waals surface area (Å²) in [6, 6.07) is 4.82. The predicted molar refractivity (Wildman–Crippen MR) is 77.9 cm³/mol. The number of aliphatic hydroxyl groups excluding tert-OH is 1. The summed E-state index contributed by atoms with van der Waals surface area (Å²) in [7, 11) is 0. The Hall–Kier alpha value is -1.76. The van der Waals surface area contributed by atoms with E-state index in [9.17, 15) is 23.1 Å². The van der Waals surface area contributed by atoms with Crippen molar-refractivity contribution in [1.82, 2.24) is 4.90 Å². The number of likely N-dealkylation sites (tertiary alicyclic amines) is 1. The highest BCUT2D eigenvalue weighted by Crippen LogP contribution is 2.35. The zero-order valence-electron chi connectivity index (χ0n) is 12.8. The van der Waals surface area contributed by atoms with Gasteiger partial charge < -0.3 is 14.7 Å². The zero-order valence-corrected chi connectivity index (χ0v) is 12.8. The molecular weight excluding hydrogens is 311 g/mol. The first kappa shape index (κ1) is 17.6. The Bertz CT molecular complexity index is 546. The second-order valence-corrected chi connectivity index (χ2v) is 5.77. The molecule has 2 unspecified atom stereocenters. The fourth-order valence-corrected chi connectivity index (χ4v) is 2.69. The van der Waals surface area contributed by atoms with Gasteiger partial charge in [0.2, 0.25) is 0 Å². The number of halogens is 3. The summed E-state index contributed by atoms with van der Waals surface area (Å²) in [6.07, 6.45) is -3.44. The smallest absolute Gasteiger partial charge is 0.419 e. The molecule has 23 heavy (non-hydrogen) atoms. The van der Waals surface area contributed by atoms with E-state index < -0.39 is 24.5 Å². The number of para-hydroxylation sites is 1. The largest absolute Gasteiger partial charge is 0.483 e. The second kappa shape index (κ2) is 7.21. The number of hydrogen-bond acceptors (Lipinski definition) is 3. The molecule has 1 amide bonds. The van der Waals surface area contributed by atoms with Crippen LogP contribution in [0.25, 0.3) is 0 Å². The molecule has 0 radical (unpaired) electrons. The maximum atomic E-state index is 12.9. The number of carbonyl (C=O) groups excluding carboxylic acids is 1. The molecule has 0 spiro atoms. The summed E-state index contributed by atoms with van der Waals surface area (Å²) in [6.45, 7) is 2.17. The Balaban J connectivity index is 1.97. The van der Waals surface area contributed by atoms with Crippen LogP contribution in [0, 0.1) is 5.92 Å². The summed E-state index contributed by atoms with van der Waals surface area (Å²) >= 11 is 0. The molecule has 2 atom stereocenters. The van der Waals surface area contributed by atoms with Gasteiger partial charge in [0.15, 0.2) is 6.61 Å². The van der Waals surface area contributed by atoms with E-state index in [0.29, 0.717) is 13.1 Å². The molecular formula is C16H20F3NO3. The third kappa shape index (κ3) is 4.60. The first-order chi connectivity index (χ1) is 10.8. The first-order valence-corrected chi connectivity index (χ1v) is 7.54. The standard InChI is InChI=1S/C16H20F3NO3/c1-11(21)12-5-4-8-20(9-12)15(22)10-23-14-7-3-2-6-13(14)16(17,18)19/h2-3,6-7,11-12,21H,4-5,8-10H2,1H3. The Labute approximate surface area is 132 Å². The minimum atomic E-state index is -4.53. The Morgan fingerprint density at radius 2 is 2.13 bits per heavy atom. The number of carbonyl (C=O) groups is 1. The van der Waals surface area contributed by atoms with Gasteiger partial charge >= 0.3 is 6.18 Å². The molecule has 1 aliphatic rings. The number of rotatable bonds is 4. The van der Waals surface area contributed by atoms with Crippen LogP contribution < -0.4 is 4.74 Å². The van der Waals surface area contributed by atoms with Crippen LogP contribution in [0.2, 0.25) is 0 Å². The molecule has 1 N–H and O–H groups in total. The molecule has 0 bridgehead atoms. The lowest BCUT2D eigenvalue weighted by atomic mass is 9.93. The van der Waals surface area contributed by atoms with Crippen molar-refractivity contribution in [3.63, 3.8) is 0 Å². The lowest BCUT2D eigenvalue weighted by Gasteiger charge is -2.34. The second-order valence-electron chi connectivity index (χ2n) is 5.77. The molecule has 1 fully saturated rings. The van der Waals surface area contributed by atoms with Crippen molar-refractivity contribution >= 4 is 5.91 Å². The molecule has 1 aliphatic heterocycles. The minimum absolute atomic E-state index is 0.00448. The molecule has 1 heterocycles. The zero-order chi connectivity index (χ0) is 17.0. The van der Waals surface area contributed by atoms with Gasteiger partial charge in [-0.2, -0.15) is 13.2 Å². The van der Waals surface area contributed by atoms with Crippen LogP contribution in [0.5, 0.6) is 5.75 Å².